The van der Waals surface area contributed by atoms with Crippen LogP contribution in [0, 0.1) is 0 Å². The Labute approximate surface area is 152 Å². The van der Waals surface area contributed by atoms with Crippen LogP contribution in [0.15, 0.2) is 24.3 Å². The molecule has 0 aliphatic heterocycles. The van der Waals surface area contributed by atoms with Gasteiger partial charge in [-0.3, -0.25) is 9.59 Å². The van der Waals surface area contributed by atoms with Crippen LogP contribution in [0.5, 0.6) is 5.75 Å². The molecule has 1 aromatic rings. The molecule has 2 amide bonds. The standard InChI is InChI=1S/C17H25N3O6/c1-2-7-20-16(22)13-3-5-14(6-4-13)26-17(23)25-11-10-24-9-8-19-15(21)12-18/h3-6H,2,7-12,18H2,1H3,(H,19,21)(H,20,22). The monoisotopic (exact) mass is 367 g/mol. The Bertz CT molecular complexity index is 576. The molecule has 0 aliphatic rings. The van der Waals surface area contributed by atoms with E-state index in [0.29, 0.717) is 18.7 Å². The molecule has 1 rings (SSSR count). The van der Waals surface area contributed by atoms with Crippen molar-refractivity contribution in [1.82, 2.24) is 10.6 Å². The van der Waals surface area contributed by atoms with Gasteiger partial charge in [-0.2, -0.15) is 0 Å². The molecule has 0 saturated heterocycles. The van der Waals surface area contributed by atoms with Crippen molar-refractivity contribution >= 4 is 18.0 Å². The molecule has 1 aromatic carbocycles. The molecule has 4 N–H and O–H groups in total. The average Bonchev–Trinajstić information content (AvgIpc) is 2.65. The minimum absolute atomic E-state index is 0.0151. The first-order valence-electron chi connectivity index (χ1n) is 8.34. The molecule has 9 nitrogen and oxygen atoms in total. The largest absolute Gasteiger partial charge is 0.513 e. The van der Waals surface area contributed by atoms with Crippen LogP contribution in [0.4, 0.5) is 4.79 Å². The molecule has 0 radical (unpaired) electrons. The molecular weight excluding hydrogens is 342 g/mol. The van der Waals surface area contributed by atoms with Crippen LogP contribution in [0.25, 0.3) is 0 Å². The maximum absolute atomic E-state index is 11.8. The van der Waals surface area contributed by atoms with Gasteiger partial charge in [-0.25, -0.2) is 4.79 Å². The molecule has 9 heteroatoms. The van der Waals surface area contributed by atoms with Crippen LogP contribution in [-0.4, -0.2) is 57.4 Å². The van der Waals surface area contributed by atoms with Gasteiger partial charge in [-0.1, -0.05) is 6.92 Å². The first kappa shape index (κ1) is 21.4. The lowest BCUT2D eigenvalue weighted by molar-refractivity contribution is -0.119. The third-order valence-electron chi connectivity index (χ3n) is 3.05. The van der Waals surface area contributed by atoms with Crippen molar-refractivity contribution in [3.05, 3.63) is 29.8 Å². The Morgan fingerprint density at radius 2 is 1.73 bits per heavy atom. The maximum Gasteiger partial charge on any atom is 0.513 e. The third-order valence-corrected chi connectivity index (χ3v) is 3.05. The summed E-state index contributed by atoms with van der Waals surface area (Å²) in [6.45, 7) is 3.30. The summed E-state index contributed by atoms with van der Waals surface area (Å²) in [6.07, 6.45) is -0.0154. The SMILES string of the molecule is CCCNC(=O)c1ccc(OC(=O)OCCOCCNC(=O)CN)cc1. The fourth-order valence-electron chi connectivity index (χ4n) is 1.76. The minimum atomic E-state index is -0.867. The number of nitrogens with two attached hydrogens (primary N) is 1. The lowest BCUT2D eigenvalue weighted by atomic mass is 10.2. The van der Waals surface area contributed by atoms with Crippen molar-refractivity contribution < 1.29 is 28.6 Å². The highest BCUT2D eigenvalue weighted by atomic mass is 16.7. The first-order valence-corrected chi connectivity index (χ1v) is 8.34. The molecule has 144 valence electrons. The number of ether oxygens (including phenoxy) is 3. The van der Waals surface area contributed by atoms with Crippen LogP contribution in [0.3, 0.4) is 0 Å². The van der Waals surface area contributed by atoms with Gasteiger partial charge in [0.05, 0.1) is 19.8 Å². The van der Waals surface area contributed by atoms with E-state index in [4.69, 9.17) is 19.9 Å². The van der Waals surface area contributed by atoms with Gasteiger partial charge >= 0.3 is 6.16 Å². The maximum atomic E-state index is 11.8. The summed E-state index contributed by atoms with van der Waals surface area (Å²) in [7, 11) is 0. The summed E-state index contributed by atoms with van der Waals surface area (Å²) in [5.41, 5.74) is 5.61. The molecule has 0 bridgehead atoms. The van der Waals surface area contributed by atoms with Gasteiger partial charge in [0, 0.05) is 18.7 Å². The lowest BCUT2D eigenvalue weighted by Crippen LogP contribution is -2.33. The number of amides is 2. The first-order chi connectivity index (χ1) is 12.6. The van der Waals surface area contributed by atoms with E-state index < -0.39 is 6.16 Å². The molecule has 0 aliphatic carbocycles. The fraction of sp³-hybridized carbons (Fsp3) is 0.471. The molecule has 0 heterocycles. The van der Waals surface area contributed by atoms with E-state index in [0.717, 1.165) is 6.42 Å². The van der Waals surface area contributed by atoms with E-state index in [1.165, 1.54) is 12.1 Å². The van der Waals surface area contributed by atoms with Crippen LogP contribution >= 0.6 is 0 Å². The van der Waals surface area contributed by atoms with E-state index in [-0.39, 0.29) is 43.9 Å². The van der Waals surface area contributed by atoms with Crippen molar-refractivity contribution in [3.63, 3.8) is 0 Å². The fourth-order valence-corrected chi connectivity index (χ4v) is 1.76. The van der Waals surface area contributed by atoms with Gasteiger partial charge < -0.3 is 30.6 Å². The molecular formula is C17H25N3O6. The second-order valence-electron chi connectivity index (χ2n) is 5.15. The minimum Gasteiger partial charge on any atom is -0.432 e. The number of carbonyl (C=O) groups is 3. The van der Waals surface area contributed by atoms with E-state index in [2.05, 4.69) is 10.6 Å². The van der Waals surface area contributed by atoms with Crippen LogP contribution < -0.4 is 21.1 Å². The highest BCUT2D eigenvalue weighted by Gasteiger charge is 2.08. The zero-order chi connectivity index (χ0) is 19.2. The Balaban J connectivity index is 2.19. The average molecular weight is 367 g/mol. The number of carbonyl (C=O) groups excluding carboxylic acids is 3. The molecule has 0 aromatic heterocycles. The van der Waals surface area contributed by atoms with Gasteiger partial charge in [-0.15, -0.1) is 0 Å². The topological polar surface area (TPSA) is 129 Å². The third kappa shape index (κ3) is 9.00. The van der Waals surface area contributed by atoms with E-state index in [1.54, 1.807) is 12.1 Å². The van der Waals surface area contributed by atoms with E-state index in [9.17, 15) is 14.4 Å². The highest BCUT2D eigenvalue weighted by molar-refractivity contribution is 5.94. The summed E-state index contributed by atoms with van der Waals surface area (Å²) < 4.78 is 15.0. The molecule has 0 fully saturated rings. The summed E-state index contributed by atoms with van der Waals surface area (Å²) in [5.74, 6) is -0.171. The predicted molar refractivity (Wildman–Crippen MR) is 93.9 cm³/mol. The number of rotatable bonds is 11. The molecule has 0 spiro atoms. The van der Waals surface area contributed by atoms with E-state index >= 15 is 0 Å². The second-order valence-corrected chi connectivity index (χ2v) is 5.15. The highest BCUT2D eigenvalue weighted by Crippen LogP contribution is 2.13. The predicted octanol–water partition coefficient (Wildman–Crippen LogP) is 0.433. The van der Waals surface area contributed by atoms with Gasteiger partial charge in [0.25, 0.3) is 5.91 Å². The molecule has 0 unspecified atom stereocenters. The zero-order valence-corrected chi connectivity index (χ0v) is 14.8. The number of hydrogen-bond donors (Lipinski definition) is 3. The Hall–Kier alpha value is -2.65. The van der Waals surface area contributed by atoms with Gasteiger partial charge in [0.15, 0.2) is 0 Å². The van der Waals surface area contributed by atoms with Crippen LogP contribution in [-0.2, 0) is 14.3 Å². The summed E-state index contributed by atoms with van der Waals surface area (Å²) in [4.78, 5) is 34.2. The molecule has 0 saturated carbocycles. The van der Waals surface area contributed by atoms with Crippen molar-refractivity contribution in [2.24, 2.45) is 5.73 Å². The normalized spacial score (nSPS) is 10.1. The molecule has 0 atom stereocenters. The van der Waals surface area contributed by atoms with Crippen molar-refractivity contribution in [2.45, 2.75) is 13.3 Å². The Morgan fingerprint density at radius 1 is 1.00 bits per heavy atom. The number of nitrogens with one attached hydrogen (secondary N) is 2. The van der Waals surface area contributed by atoms with Crippen LogP contribution in [0.2, 0.25) is 0 Å². The quantitative estimate of drug-likeness (QED) is 0.294. The smallest absolute Gasteiger partial charge is 0.432 e. The second kappa shape index (κ2) is 12.7. The summed E-state index contributed by atoms with van der Waals surface area (Å²) >= 11 is 0. The Morgan fingerprint density at radius 3 is 2.38 bits per heavy atom. The van der Waals surface area contributed by atoms with Crippen LogP contribution in [0.1, 0.15) is 23.7 Å². The lowest BCUT2D eigenvalue weighted by Gasteiger charge is -2.08. The van der Waals surface area contributed by atoms with Gasteiger partial charge in [0.2, 0.25) is 5.91 Å². The number of hydrogen-bond acceptors (Lipinski definition) is 7. The van der Waals surface area contributed by atoms with Crippen molar-refractivity contribution in [1.29, 1.82) is 0 Å². The summed E-state index contributed by atoms with van der Waals surface area (Å²) in [6, 6.07) is 6.15. The zero-order valence-electron chi connectivity index (χ0n) is 14.8. The van der Waals surface area contributed by atoms with Crippen molar-refractivity contribution in [2.75, 3.05) is 39.5 Å². The van der Waals surface area contributed by atoms with Gasteiger partial charge in [0.1, 0.15) is 12.4 Å². The molecule has 26 heavy (non-hydrogen) atoms. The van der Waals surface area contributed by atoms with E-state index in [1.807, 2.05) is 6.92 Å². The number of benzene rings is 1. The van der Waals surface area contributed by atoms with Gasteiger partial charge in [-0.05, 0) is 30.7 Å². The summed E-state index contributed by atoms with van der Waals surface area (Å²) in [5, 5.41) is 5.29. The van der Waals surface area contributed by atoms with Crippen molar-refractivity contribution in [3.8, 4) is 5.75 Å². The Kier molecular flexibility index (Phi) is 10.4.